The van der Waals surface area contributed by atoms with E-state index in [9.17, 15) is 0 Å². The van der Waals surface area contributed by atoms with Gasteiger partial charge >= 0.3 is 169 Å². The average molecular weight is 792 g/mol. The first-order chi connectivity index (χ1) is 24.1. The van der Waals surface area contributed by atoms with E-state index in [0.29, 0.717) is 0 Å². The zero-order valence-corrected chi connectivity index (χ0v) is 33.4. The van der Waals surface area contributed by atoms with Crippen LogP contribution in [0.5, 0.6) is 0 Å². The standard InChI is InChI=1S/C23H30N.C22H21N.2ClH.Ru/c1-6-18-12-11-13-19(7-2)21(18)24-17-23(5,16-22(24,3)4)20-14-9-8-10-15-20;1-19-10-8-9-15-22(19)18-23(16-20-11-4-2-5-12-20)17-21-13-6-3-7-14-21;;;/h8-15,17H,6-7,16H2,1-5H3;1-15H,16-18H2;2*1H;/q-1;;;;+2/p-2. The van der Waals surface area contributed by atoms with Gasteiger partial charge in [0.05, 0.1) is 0 Å². The van der Waals surface area contributed by atoms with Crippen LogP contribution < -0.4 is 4.90 Å². The van der Waals surface area contributed by atoms with E-state index in [1.54, 1.807) is 0 Å². The zero-order valence-electron chi connectivity index (χ0n) is 30.1. The molecule has 1 heterocycles. The third-order valence-corrected chi connectivity index (χ3v) is 11.5. The van der Waals surface area contributed by atoms with Crippen LogP contribution >= 0.6 is 19.4 Å². The van der Waals surface area contributed by atoms with Crippen molar-refractivity contribution in [1.82, 2.24) is 4.90 Å². The maximum atomic E-state index is 6.12. The molecule has 2 nitrogen and oxygen atoms in total. The van der Waals surface area contributed by atoms with Crippen molar-refractivity contribution in [2.24, 2.45) is 0 Å². The molecule has 50 heavy (non-hydrogen) atoms. The first kappa shape index (κ1) is 38.2. The van der Waals surface area contributed by atoms with Crippen molar-refractivity contribution < 1.29 is 13.5 Å². The van der Waals surface area contributed by atoms with Crippen molar-refractivity contribution >= 4 is 29.7 Å². The van der Waals surface area contributed by atoms with Crippen molar-refractivity contribution in [2.75, 3.05) is 4.90 Å². The van der Waals surface area contributed by atoms with Crippen LogP contribution in [0.4, 0.5) is 5.69 Å². The van der Waals surface area contributed by atoms with Crippen molar-refractivity contribution in [3.63, 3.8) is 0 Å². The molecule has 0 amide bonds. The second-order valence-electron chi connectivity index (χ2n) is 14.0. The minimum absolute atomic E-state index is 0.0800. The first-order valence-corrected chi connectivity index (χ1v) is 23.1. The summed E-state index contributed by atoms with van der Waals surface area (Å²) in [7, 11) is 12.2. The van der Waals surface area contributed by atoms with Crippen molar-refractivity contribution in [3.05, 3.63) is 179 Å². The topological polar surface area (TPSA) is 6.48 Å². The summed E-state index contributed by atoms with van der Waals surface area (Å²) in [5.41, 5.74) is 11.0. The Balaban J connectivity index is 0.000000195. The van der Waals surface area contributed by atoms with E-state index in [1.165, 1.54) is 39.1 Å². The molecule has 5 aromatic carbocycles. The molecule has 0 radical (unpaired) electrons. The Morgan fingerprint density at radius 3 is 1.64 bits per heavy atom. The Labute approximate surface area is 314 Å². The van der Waals surface area contributed by atoms with E-state index in [0.717, 1.165) is 44.5 Å². The third kappa shape index (κ3) is 10.0. The van der Waals surface area contributed by atoms with E-state index in [-0.39, 0.29) is 11.0 Å². The Hall–Kier alpha value is -3.07. The zero-order chi connectivity index (χ0) is 35.6. The molecule has 0 N–H and O–H groups in total. The van der Waals surface area contributed by atoms with E-state index in [1.807, 2.05) is 10.7 Å². The fourth-order valence-electron chi connectivity index (χ4n) is 7.33. The molecule has 1 unspecified atom stereocenters. The summed E-state index contributed by atoms with van der Waals surface area (Å²) in [6.07, 6.45) is 3.28. The van der Waals surface area contributed by atoms with E-state index >= 15 is 0 Å². The van der Waals surface area contributed by atoms with Crippen molar-refractivity contribution in [2.45, 2.75) is 84.5 Å². The van der Waals surface area contributed by atoms with Crippen molar-refractivity contribution in [3.8, 4) is 0 Å². The first-order valence-electron chi connectivity index (χ1n) is 17.6. The predicted molar refractivity (Wildman–Crippen MR) is 214 cm³/mol. The van der Waals surface area contributed by atoms with Crippen LogP contribution in [0.1, 0.15) is 80.0 Å². The van der Waals surface area contributed by atoms with Gasteiger partial charge in [-0.3, -0.25) is 0 Å². The normalized spacial score (nSPS) is 16.9. The van der Waals surface area contributed by atoms with Crippen LogP contribution in [0.15, 0.2) is 133 Å². The van der Waals surface area contributed by atoms with Crippen LogP contribution in [0.25, 0.3) is 0 Å². The summed E-state index contributed by atoms with van der Waals surface area (Å²) >= 11 is -1.85. The van der Waals surface area contributed by atoms with Gasteiger partial charge in [0.15, 0.2) is 0 Å². The SMILES string of the molecule is CCc1cccc(CC)c1N1[CH-]C(C)(c2ccccc2)CC1(C)C.[Cl][Ru]([Cl])=[CH]c1ccccc1CN(Cc1ccccc1)Cc1ccccc1. The molecule has 0 aromatic heterocycles. The molecule has 1 aliphatic heterocycles. The Bertz CT molecular complexity index is 1760. The van der Waals surface area contributed by atoms with Gasteiger partial charge in [-0.05, 0) is 44.2 Å². The maximum absolute atomic E-state index is 6.12. The average Bonchev–Trinajstić information content (AvgIpc) is 3.38. The molecule has 0 bridgehead atoms. The quantitative estimate of drug-likeness (QED) is 0.0971. The molecule has 0 spiro atoms. The summed E-state index contributed by atoms with van der Waals surface area (Å²) in [6.45, 7) is 16.8. The molecule has 0 saturated carbocycles. The fourth-order valence-corrected chi connectivity index (χ4v) is 9.21. The third-order valence-electron chi connectivity index (χ3n) is 9.64. The molecule has 5 heteroatoms. The number of hydrogen-bond donors (Lipinski definition) is 0. The van der Waals surface area contributed by atoms with Crippen LogP contribution in [0.2, 0.25) is 0 Å². The summed E-state index contributed by atoms with van der Waals surface area (Å²) in [5.74, 6) is 0. The summed E-state index contributed by atoms with van der Waals surface area (Å²) in [6, 6.07) is 47.3. The van der Waals surface area contributed by atoms with Gasteiger partial charge < -0.3 is 4.90 Å². The number of aryl methyl sites for hydroxylation is 2. The summed E-state index contributed by atoms with van der Waals surface area (Å²) in [4.78, 5) is 5.02. The predicted octanol–water partition coefficient (Wildman–Crippen LogP) is 11.9. The number of anilines is 1. The van der Waals surface area contributed by atoms with Gasteiger partial charge in [0.25, 0.3) is 0 Å². The molecule has 264 valence electrons. The summed E-state index contributed by atoms with van der Waals surface area (Å²) < 4.78 is 2.03. The van der Waals surface area contributed by atoms with Gasteiger partial charge in [-0.2, -0.15) is 0 Å². The Morgan fingerprint density at radius 2 is 1.12 bits per heavy atom. The number of para-hydroxylation sites is 1. The van der Waals surface area contributed by atoms with E-state index < -0.39 is 13.5 Å². The van der Waals surface area contributed by atoms with Gasteiger partial charge in [-0.1, -0.05) is 74.9 Å². The monoisotopic (exact) mass is 791 g/mol. The van der Waals surface area contributed by atoms with Gasteiger partial charge in [0.2, 0.25) is 0 Å². The molecule has 1 fully saturated rings. The van der Waals surface area contributed by atoms with Crippen LogP contribution in [0.3, 0.4) is 0 Å². The number of benzene rings is 5. The second-order valence-corrected chi connectivity index (χ2v) is 19.8. The van der Waals surface area contributed by atoms with Crippen LogP contribution in [-0.2, 0) is 51.4 Å². The Morgan fingerprint density at radius 1 is 0.640 bits per heavy atom. The van der Waals surface area contributed by atoms with Gasteiger partial charge in [0, 0.05) is 11.2 Å². The molecule has 0 aliphatic carbocycles. The second kappa shape index (κ2) is 17.9. The van der Waals surface area contributed by atoms with Crippen LogP contribution in [-0.4, -0.2) is 15.0 Å². The molecule has 6 rings (SSSR count). The molecule has 1 aliphatic rings. The van der Waals surface area contributed by atoms with Gasteiger partial charge in [-0.25, -0.2) is 6.54 Å². The van der Waals surface area contributed by atoms with E-state index in [4.69, 9.17) is 19.4 Å². The molecule has 5 aromatic rings. The van der Waals surface area contributed by atoms with Gasteiger partial charge in [-0.15, -0.1) is 5.41 Å². The van der Waals surface area contributed by atoms with Gasteiger partial charge in [0.1, 0.15) is 0 Å². The molecule has 1 atom stereocenters. The molecule has 1 saturated heterocycles. The number of hydrogen-bond acceptors (Lipinski definition) is 2. The summed E-state index contributed by atoms with van der Waals surface area (Å²) in [5, 5.41) is 0. The fraction of sp³-hybridized carbons (Fsp3) is 0.289. The number of rotatable bonds is 11. The molecular formula is C45H51Cl2N2Ru-. The van der Waals surface area contributed by atoms with Crippen LogP contribution in [0, 0.1) is 6.54 Å². The number of halogens is 2. The van der Waals surface area contributed by atoms with Crippen molar-refractivity contribution in [1.29, 1.82) is 0 Å². The Kier molecular flexibility index (Phi) is 13.7. The number of nitrogens with zero attached hydrogens (tertiary/aromatic N) is 2. The van der Waals surface area contributed by atoms with E-state index in [2.05, 4.69) is 178 Å². The molecular weight excluding hydrogens is 740 g/mol. The minimum atomic E-state index is -1.85.